The molecule has 3 aromatic rings. The highest BCUT2D eigenvalue weighted by molar-refractivity contribution is 6.05. The SMILES string of the molecule is COc1ccccc1NC(=O)c1ccc(NC(=O)CCOc2cc(C)cc(C)c2)cc1. The van der Waals surface area contributed by atoms with Gasteiger partial charge < -0.3 is 20.1 Å². The number of amides is 2. The second kappa shape index (κ2) is 10.3. The van der Waals surface area contributed by atoms with Crippen molar-refractivity contribution in [2.24, 2.45) is 0 Å². The number of rotatable bonds is 8. The Morgan fingerprint density at radius 1 is 0.871 bits per heavy atom. The molecule has 0 saturated carbocycles. The molecule has 31 heavy (non-hydrogen) atoms. The topological polar surface area (TPSA) is 76.7 Å². The number of aryl methyl sites for hydroxylation is 2. The lowest BCUT2D eigenvalue weighted by molar-refractivity contribution is -0.116. The second-order valence-electron chi connectivity index (χ2n) is 7.20. The van der Waals surface area contributed by atoms with Crippen LogP contribution in [0.25, 0.3) is 0 Å². The van der Waals surface area contributed by atoms with Crippen molar-refractivity contribution in [3.8, 4) is 11.5 Å². The fourth-order valence-electron chi connectivity index (χ4n) is 3.15. The number of nitrogens with one attached hydrogen (secondary N) is 2. The zero-order valence-corrected chi connectivity index (χ0v) is 17.9. The van der Waals surface area contributed by atoms with Gasteiger partial charge in [-0.1, -0.05) is 18.2 Å². The third-order valence-electron chi connectivity index (χ3n) is 4.58. The number of hydrogen-bond acceptors (Lipinski definition) is 4. The summed E-state index contributed by atoms with van der Waals surface area (Å²) >= 11 is 0. The molecule has 0 heterocycles. The molecule has 160 valence electrons. The molecule has 2 amide bonds. The summed E-state index contributed by atoms with van der Waals surface area (Å²) in [6.45, 7) is 4.30. The van der Waals surface area contributed by atoms with Gasteiger partial charge in [0.15, 0.2) is 0 Å². The summed E-state index contributed by atoms with van der Waals surface area (Å²) in [5, 5.41) is 5.64. The summed E-state index contributed by atoms with van der Waals surface area (Å²) in [6.07, 6.45) is 0.225. The molecule has 0 aliphatic rings. The normalized spacial score (nSPS) is 10.3. The van der Waals surface area contributed by atoms with Crippen LogP contribution in [0.2, 0.25) is 0 Å². The fraction of sp³-hybridized carbons (Fsp3) is 0.200. The number of carbonyl (C=O) groups is 2. The van der Waals surface area contributed by atoms with Gasteiger partial charge in [0, 0.05) is 11.3 Å². The number of benzene rings is 3. The van der Waals surface area contributed by atoms with Crippen LogP contribution in [0.3, 0.4) is 0 Å². The first-order valence-corrected chi connectivity index (χ1v) is 10.00. The average Bonchev–Trinajstić information content (AvgIpc) is 2.74. The molecular weight excluding hydrogens is 392 g/mol. The standard InChI is InChI=1S/C25H26N2O4/c1-17-14-18(2)16-21(15-17)31-13-12-24(28)26-20-10-8-19(9-11-20)25(29)27-22-6-4-5-7-23(22)30-3/h4-11,14-16H,12-13H2,1-3H3,(H,26,28)(H,27,29). The molecular formula is C25H26N2O4. The average molecular weight is 418 g/mol. The van der Waals surface area contributed by atoms with Gasteiger partial charge in [-0.3, -0.25) is 9.59 Å². The summed E-state index contributed by atoms with van der Waals surface area (Å²) in [5.74, 6) is 0.929. The van der Waals surface area contributed by atoms with Crippen LogP contribution in [-0.2, 0) is 4.79 Å². The second-order valence-corrected chi connectivity index (χ2v) is 7.20. The Morgan fingerprint density at radius 2 is 1.55 bits per heavy atom. The quantitative estimate of drug-likeness (QED) is 0.541. The summed E-state index contributed by atoms with van der Waals surface area (Å²) < 4.78 is 10.9. The van der Waals surface area contributed by atoms with Crippen LogP contribution >= 0.6 is 0 Å². The smallest absolute Gasteiger partial charge is 0.255 e. The minimum absolute atomic E-state index is 0.157. The van der Waals surface area contributed by atoms with Crippen molar-refractivity contribution in [1.82, 2.24) is 0 Å². The van der Waals surface area contributed by atoms with E-state index in [1.165, 1.54) is 0 Å². The third kappa shape index (κ3) is 6.34. The van der Waals surface area contributed by atoms with E-state index in [1.54, 1.807) is 43.5 Å². The van der Waals surface area contributed by atoms with Crippen LogP contribution in [0.5, 0.6) is 11.5 Å². The highest BCUT2D eigenvalue weighted by Crippen LogP contribution is 2.24. The van der Waals surface area contributed by atoms with Crippen molar-refractivity contribution < 1.29 is 19.1 Å². The number of para-hydroxylation sites is 2. The van der Waals surface area contributed by atoms with Gasteiger partial charge >= 0.3 is 0 Å². The Bertz CT molecular complexity index is 1040. The zero-order valence-electron chi connectivity index (χ0n) is 17.9. The van der Waals surface area contributed by atoms with Crippen molar-refractivity contribution in [3.05, 3.63) is 83.4 Å². The van der Waals surface area contributed by atoms with E-state index in [0.717, 1.165) is 16.9 Å². The lowest BCUT2D eigenvalue weighted by Crippen LogP contribution is -2.16. The number of ether oxygens (including phenoxy) is 2. The molecule has 3 aromatic carbocycles. The van der Waals surface area contributed by atoms with E-state index >= 15 is 0 Å². The fourth-order valence-corrected chi connectivity index (χ4v) is 3.15. The van der Waals surface area contributed by atoms with Crippen LogP contribution in [-0.4, -0.2) is 25.5 Å². The minimum Gasteiger partial charge on any atom is -0.495 e. The largest absolute Gasteiger partial charge is 0.495 e. The molecule has 0 atom stereocenters. The Kier molecular flexibility index (Phi) is 7.27. The van der Waals surface area contributed by atoms with E-state index in [4.69, 9.17) is 9.47 Å². The van der Waals surface area contributed by atoms with Gasteiger partial charge in [0.2, 0.25) is 5.91 Å². The lowest BCUT2D eigenvalue weighted by Gasteiger charge is -2.11. The van der Waals surface area contributed by atoms with Gasteiger partial charge in [-0.15, -0.1) is 0 Å². The van der Waals surface area contributed by atoms with Gasteiger partial charge in [0.1, 0.15) is 11.5 Å². The van der Waals surface area contributed by atoms with Crippen LogP contribution < -0.4 is 20.1 Å². The van der Waals surface area contributed by atoms with Crippen LogP contribution in [0.4, 0.5) is 11.4 Å². The van der Waals surface area contributed by atoms with Crippen LogP contribution in [0, 0.1) is 13.8 Å². The predicted molar refractivity (Wildman–Crippen MR) is 122 cm³/mol. The lowest BCUT2D eigenvalue weighted by atomic mass is 10.1. The third-order valence-corrected chi connectivity index (χ3v) is 4.58. The monoisotopic (exact) mass is 418 g/mol. The molecule has 0 unspecified atom stereocenters. The zero-order chi connectivity index (χ0) is 22.2. The summed E-state index contributed by atoms with van der Waals surface area (Å²) in [4.78, 5) is 24.7. The van der Waals surface area contributed by atoms with Crippen molar-refractivity contribution >= 4 is 23.2 Å². The minimum atomic E-state index is -0.260. The maximum absolute atomic E-state index is 12.5. The van der Waals surface area contributed by atoms with Gasteiger partial charge in [0.25, 0.3) is 5.91 Å². The Labute approximate surface area is 182 Å². The van der Waals surface area contributed by atoms with Gasteiger partial charge in [-0.05, 0) is 73.5 Å². The van der Waals surface area contributed by atoms with Crippen molar-refractivity contribution in [1.29, 1.82) is 0 Å². The van der Waals surface area contributed by atoms with Crippen LogP contribution in [0.15, 0.2) is 66.7 Å². The number of anilines is 2. The Balaban J connectivity index is 1.50. The maximum Gasteiger partial charge on any atom is 0.255 e. The van der Waals surface area contributed by atoms with Crippen molar-refractivity contribution in [2.45, 2.75) is 20.3 Å². The first-order chi connectivity index (χ1) is 14.9. The Hall–Kier alpha value is -3.80. The molecule has 6 nitrogen and oxygen atoms in total. The van der Waals surface area contributed by atoms with E-state index in [-0.39, 0.29) is 24.8 Å². The number of hydrogen-bond donors (Lipinski definition) is 2. The molecule has 0 saturated heterocycles. The molecule has 0 radical (unpaired) electrons. The molecule has 0 spiro atoms. The van der Waals surface area contributed by atoms with E-state index in [9.17, 15) is 9.59 Å². The first kappa shape index (κ1) is 21.9. The Morgan fingerprint density at radius 3 is 2.23 bits per heavy atom. The van der Waals surface area contributed by atoms with Crippen LogP contribution in [0.1, 0.15) is 27.9 Å². The molecule has 0 fully saturated rings. The van der Waals surface area contributed by atoms with Crippen molar-refractivity contribution in [3.63, 3.8) is 0 Å². The molecule has 0 aromatic heterocycles. The van der Waals surface area contributed by atoms with Crippen molar-refractivity contribution in [2.75, 3.05) is 24.4 Å². The molecule has 3 rings (SSSR count). The number of carbonyl (C=O) groups excluding carboxylic acids is 2. The first-order valence-electron chi connectivity index (χ1n) is 10.00. The van der Waals surface area contributed by atoms with E-state index in [2.05, 4.69) is 16.7 Å². The van der Waals surface area contributed by atoms with Gasteiger partial charge in [-0.25, -0.2) is 0 Å². The molecule has 2 N–H and O–H groups in total. The summed E-state index contributed by atoms with van der Waals surface area (Å²) in [7, 11) is 1.55. The summed E-state index contributed by atoms with van der Waals surface area (Å²) in [6, 6.07) is 19.9. The molecule has 6 heteroatoms. The number of methoxy groups -OCH3 is 1. The van der Waals surface area contributed by atoms with Gasteiger partial charge in [0.05, 0.1) is 25.8 Å². The molecule has 0 bridgehead atoms. The molecule has 0 aliphatic carbocycles. The van der Waals surface area contributed by atoms with E-state index in [0.29, 0.717) is 22.7 Å². The van der Waals surface area contributed by atoms with Gasteiger partial charge in [-0.2, -0.15) is 0 Å². The highest BCUT2D eigenvalue weighted by atomic mass is 16.5. The van der Waals surface area contributed by atoms with E-state index < -0.39 is 0 Å². The van der Waals surface area contributed by atoms with E-state index in [1.807, 2.05) is 38.1 Å². The predicted octanol–water partition coefficient (Wildman–Crippen LogP) is 4.97. The highest BCUT2D eigenvalue weighted by Gasteiger charge is 2.10. The molecule has 0 aliphatic heterocycles. The maximum atomic E-state index is 12.5. The summed E-state index contributed by atoms with van der Waals surface area (Å²) in [5.41, 5.74) is 3.92.